The fourth-order valence-corrected chi connectivity index (χ4v) is 3.22. The first-order valence-corrected chi connectivity index (χ1v) is 9.05. The molecule has 1 saturated heterocycles. The fourth-order valence-electron chi connectivity index (χ4n) is 2.71. The van der Waals surface area contributed by atoms with Crippen molar-refractivity contribution >= 4 is 40.0 Å². The first-order valence-electron chi connectivity index (χ1n) is 7.50. The van der Waals surface area contributed by atoms with E-state index in [4.69, 9.17) is 9.88 Å². The Morgan fingerprint density at radius 3 is 2.62 bits per heavy atom. The van der Waals surface area contributed by atoms with Crippen LogP contribution in [0.4, 0.5) is 0 Å². The Kier molecular flexibility index (Phi) is 8.40. The van der Waals surface area contributed by atoms with Gasteiger partial charge in [-0.05, 0) is 24.1 Å². The van der Waals surface area contributed by atoms with Crippen LogP contribution in [0.5, 0.6) is 0 Å². The van der Waals surface area contributed by atoms with Crippen LogP contribution < -0.4 is 10.5 Å². The lowest BCUT2D eigenvalue weighted by Crippen LogP contribution is -2.39. The second-order valence-electron chi connectivity index (χ2n) is 5.65. The maximum absolute atomic E-state index is 11.2. The van der Waals surface area contributed by atoms with Gasteiger partial charge in [0.15, 0.2) is 5.96 Å². The van der Waals surface area contributed by atoms with Crippen LogP contribution in [0.2, 0.25) is 0 Å². The summed E-state index contributed by atoms with van der Waals surface area (Å²) in [5.41, 5.74) is 0.964. The van der Waals surface area contributed by atoms with Crippen LogP contribution in [0.15, 0.2) is 34.2 Å². The quantitative estimate of drug-likeness (QED) is 0.382. The first kappa shape index (κ1) is 21.1. The number of hydrogen-bond acceptors (Lipinski definition) is 4. The second-order valence-corrected chi connectivity index (χ2v) is 7.21. The predicted molar refractivity (Wildman–Crippen MR) is 105 cm³/mol. The third kappa shape index (κ3) is 5.87. The Morgan fingerprint density at radius 2 is 2.08 bits per heavy atom. The van der Waals surface area contributed by atoms with Gasteiger partial charge in [0.05, 0.1) is 11.5 Å². The molecule has 1 aliphatic rings. The van der Waals surface area contributed by atoms with Gasteiger partial charge in [-0.1, -0.05) is 12.1 Å². The fraction of sp³-hybridized carbons (Fsp3) is 0.533. The van der Waals surface area contributed by atoms with Crippen molar-refractivity contribution in [2.75, 3.05) is 33.9 Å². The van der Waals surface area contributed by atoms with Crippen LogP contribution in [0.1, 0.15) is 12.0 Å². The number of ether oxygens (including phenoxy) is 1. The predicted octanol–water partition coefficient (Wildman–Crippen LogP) is 0.996. The molecule has 1 unspecified atom stereocenters. The molecule has 0 spiro atoms. The molecular formula is C15H25IN4O3S. The molecule has 7 nitrogen and oxygen atoms in total. The second kappa shape index (κ2) is 9.54. The van der Waals surface area contributed by atoms with Gasteiger partial charge in [-0.25, -0.2) is 13.6 Å². The molecular weight excluding hydrogens is 443 g/mol. The highest BCUT2D eigenvalue weighted by atomic mass is 127. The molecule has 0 saturated carbocycles. The van der Waals surface area contributed by atoms with Crippen LogP contribution in [-0.2, 0) is 21.3 Å². The number of nitrogens with two attached hydrogens (primary N) is 1. The number of nitrogens with one attached hydrogen (secondary N) is 1. The van der Waals surface area contributed by atoms with E-state index in [0.717, 1.165) is 37.6 Å². The summed E-state index contributed by atoms with van der Waals surface area (Å²) >= 11 is 0. The minimum Gasteiger partial charge on any atom is -0.384 e. The van der Waals surface area contributed by atoms with E-state index in [9.17, 15) is 8.42 Å². The minimum absolute atomic E-state index is 0. The number of hydrogen-bond donors (Lipinski definition) is 2. The summed E-state index contributed by atoms with van der Waals surface area (Å²) in [5, 5.41) is 8.39. The van der Waals surface area contributed by atoms with Crippen molar-refractivity contribution in [1.29, 1.82) is 0 Å². The van der Waals surface area contributed by atoms with E-state index in [2.05, 4.69) is 15.2 Å². The van der Waals surface area contributed by atoms with Crippen molar-refractivity contribution in [3.05, 3.63) is 29.8 Å². The van der Waals surface area contributed by atoms with Gasteiger partial charge in [0.25, 0.3) is 0 Å². The van der Waals surface area contributed by atoms with Crippen molar-refractivity contribution in [2.45, 2.75) is 17.9 Å². The lowest BCUT2D eigenvalue weighted by molar-refractivity contribution is 0.157. The SMILES string of the molecule is CN=C(NCc1ccc(S(N)(=O)=O)cc1)N1CCC(COC)C1.I. The van der Waals surface area contributed by atoms with Crippen molar-refractivity contribution in [2.24, 2.45) is 16.0 Å². The zero-order valence-corrected chi connectivity index (χ0v) is 17.1. The minimum atomic E-state index is -3.64. The Morgan fingerprint density at radius 1 is 1.42 bits per heavy atom. The van der Waals surface area contributed by atoms with Crippen LogP contribution in [0.3, 0.4) is 0 Å². The van der Waals surface area contributed by atoms with E-state index in [0.29, 0.717) is 12.5 Å². The number of nitrogens with zero attached hydrogens (tertiary/aromatic N) is 2. The lowest BCUT2D eigenvalue weighted by Gasteiger charge is -2.21. The van der Waals surface area contributed by atoms with Crippen LogP contribution in [0.25, 0.3) is 0 Å². The van der Waals surface area contributed by atoms with Crippen molar-refractivity contribution in [3.63, 3.8) is 0 Å². The Bertz CT molecular complexity index is 649. The van der Waals surface area contributed by atoms with Crippen LogP contribution in [0, 0.1) is 5.92 Å². The van der Waals surface area contributed by atoms with E-state index in [1.807, 2.05) is 0 Å². The average molecular weight is 468 g/mol. The number of guanidine groups is 1. The molecule has 9 heteroatoms. The van der Waals surface area contributed by atoms with Crippen molar-refractivity contribution < 1.29 is 13.2 Å². The maximum Gasteiger partial charge on any atom is 0.238 e. The number of halogens is 1. The summed E-state index contributed by atoms with van der Waals surface area (Å²) in [6.45, 7) is 3.22. The highest BCUT2D eigenvalue weighted by Gasteiger charge is 2.24. The molecule has 0 radical (unpaired) electrons. The lowest BCUT2D eigenvalue weighted by atomic mass is 10.1. The van der Waals surface area contributed by atoms with Crippen molar-refractivity contribution in [3.8, 4) is 0 Å². The Hall–Kier alpha value is -0.910. The highest BCUT2D eigenvalue weighted by Crippen LogP contribution is 2.16. The smallest absolute Gasteiger partial charge is 0.238 e. The molecule has 0 bridgehead atoms. The third-order valence-electron chi connectivity index (χ3n) is 3.90. The maximum atomic E-state index is 11.2. The molecule has 1 aromatic rings. The number of methoxy groups -OCH3 is 1. The molecule has 0 aliphatic carbocycles. The first-order chi connectivity index (χ1) is 10.9. The van der Waals surface area contributed by atoms with E-state index in [-0.39, 0.29) is 28.9 Å². The molecule has 1 fully saturated rings. The van der Waals surface area contributed by atoms with E-state index in [1.165, 1.54) is 12.1 Å². The number of sulfonamides is 1. The Labute approximate surface area is 160 Å². The zero-order valence-electron chi connectivity index (χ0n) is 13.9. The molecule has 2 rings (SSSR count). The average Bonchev–Trinajstić information content (AvgIpc) is 2.96. The largest absolute Gasteiger partial charge is 0.384 e. The van der Waals surface area contributed by atoms with Gasteiger partial charge < -0.3 is 15.0 Å². The summed E-state index contributed by atoms with van der Waals surface area (Å²) in [7, 11) is -0.161. The molecule has 0 aromatic heterocycles. The summed E-state index contributed by atoms with van der Waals surface area (Å²) in [6.07, 6.45) is 1.09. The molecule has 0 amide bonds. The van der Waals surface area contributed by atoms with Gasteiger partial charge in [0.1, 0.15) is 0 Å². The summed E-state index contributed by atoms with van der Waals surface area (Å²) in [4.78, 5) is 6.64. The number of benzene rings is 1. The van der Waals surface area contributed by atoms with E-state index in [1.54, 1.807) is 26.3 Å². The summed E-state index contributed by atoms with van der Waals surface area (Å²) in [6, 6.07) is 6.52. The molecule has 136 valence electrons. The number of aliphatic imine (C=N–C) groups is 1. The summed E-state index contributed by atoms with van der Waals surface area (Å²) in [5.74, 6) is 1.38. The van der Waals surface area contributed by atoms with Crippen molar-refractivity contribution in [1.82, 2.24) is 10.2 Å². The van der Waals surface area contributed by atoms with Gasteiger partial charge >= 0.3 is 0 Å². The van der Waals surface area contributed by atoms with Crippen LogP contribution >= 0.6 is 24.0 Å². The number of primary sulfonamides is 1. The topological polar surface area (TPSA) is 97.0 Å². The number of likely N-dealkylation sites (tertiary alicyclic amines) is 1. The molecule has 3 N–H and O–H groups in total. The summed E-state index contributed by atoms with van der Waals surface area (Å²) < 4.78 is 27.7. The Balaban J connectivity index is 0.00000288. The van der Waals surface area contributed by atoms with E-state index < -0.39 is 10.0 Å². The van der Waals surface area contributed by atoms with Gasteiger partial charge in [-0.3, -0.25) is 4.99 Å². The normalized spacial score (nSPS) is 18.4. The van der Waals surface area contributed by atoms with Gasteiger partial charge in [0.2, 0.25) is 10.0 Å². The van der Waals surface area contributed by atoms with Gasteiger partial charge in [0, 0.05) is 39.7 Å². The zero-order chi connectivity index (χ0) is 16.9. The molecule has 24 heavy (non-hydrogen) atoms. The monoisotopic (exact) mass is 468 g/mol. The molecule has 1 atom stereocenters. The third-order valence-corrected chi connectivity index (χ3v) is 4.83. The molecule has 1 aromatic carbocycles. The van der Waals surface area contributed by atoms with E-state index >= 15 is 0 Å². The van der Waals surface area contributed by atoms with Crippen LogP contribution in [-0.4, -0.2) is 53.1 Å². The van der Waals surface area contributed by atoms with Gasteiger partial charge in [-0.2, -0.15) is 0 Å². The number of rotatable bonds is 5. The highest BCUT2D eigenvalue weighted by molar-refractivity contribution is 14.0. The van der Waals surface area contributed by atoms with Gasteiger partial charge in [-0.15, -0.1) is 24.0 Å². The molecule has 1 aliphatic heterocycles. The molecule has 1 heterocycles. The standard InChI is InChI=1S/C15H24N4O3S.HI/c1-17-15(19-8-7-13(10-19)11-22-2)18-9-12-3-5-14(6-4-12)23(16,20)21;/h3-6,13H,7-11H2,1-2H3,(H,17,18)(H2,16,20,21);1H.